The quantitative estimate of drug-likeness (QED) is 0.776. The van der Waals surface area contributed by atoms with E-state index in [0.29, 0.717) is 23.7 Å². The fourth-order valence-corrected chi connectivity index (χ4v) is 2.87. The molecule has 0 bridgehead atoms. The maximum absolute atomic E-state index is 12.3. The number of carbonyl (C=O) groups is 2. The fraction of sp³-hybridized carbons (Fsp3) is 0.368. The van der Waals surface area contributed by atoms with Crippen molar-refractivity contribution in [2.75, 3.05) is 11.9 Å². The molecule has 0 aromatic carbocycles. The second-order valence-corrected chi connectivity index (χ2v) is 6.32. The van der Waals surface area contributed by atoms with E-state index in [1.165, 1.54) is 30.7 Å². The Balaban J connectivity index is 1.56. The topological polar surface area (TPSA) is 97.1 Å². The maximum atomic E-state index is 12.3. The van der Waals surface area contributed by atoms with Crippen molar-refractivity contribution in [3.05, 3.63) is 53.1 Å². The summed E-state index contributed by atoms with van der Waals surface area (Å²) in [4.78, 5) is 28.5. The highest BCUT2D eigenvalue weighted by Crippen LogP contribution is 2.19. The van der Waals surface area contributed by atoms with Crippen LogP contribution in [-0.4, -0.2) is 28.5 Å². The van der Waals surface area contributed by atoms with Crippen molar-refractivity contribution in [1.29, 1.82) is 0 Å². The highest BCUT2D eigenvalue weighted by molar-refractivity contribution is 6.04. The zero-order chi connectivity index (χ0) is 18.4. The van der Waals surface area contributed by atoms with E-state index in [4.69, 9.17) is 4.52 Å². The summed E-state index contributed by atoms with van der Waals surface area (Å²) < 4.78 is 4.90. The second kappa shape index (κ2) is 8.42. The Morgan fingerprint density at radius 3 is 2.85 bits per heavy atom. The van der Waals surface area contributed by atoms with Gasteiger partial charge in [-0.15, -0.1) is 0 Å². The lowest BCUT2D eigenvalue weighted by Crippen LogP contribution is -2.25. The summed E-state index contributed by atoms with van der Waals surface area (Å²) in [7, 11) is 0. The van der Waals surface area contributed by atoms with Crippen molar-refractivity contribution < 1.29 is 14.1 Å². The van der Waals surface area contributed by atoms with E-state index in [2.05, 4.69) is 26.9 Å². The number of carbonyl (C=O) groups excluding carboxylic acids is 2. The van der Waals surface area contributed by atoms with Crippen molar-refractivity contribution in [3.63, 3.8) is 0 Å². The van der Waals surface area contributed by atoms with E-state index in [9.17, 15) is 9.59 Å². The summed E-state index contributed by atoms with van der Waals surface area (Å²) in [5, 5.41) is 9.19. The predicted molar refractivity (Wildman–Crippen MR) is 96.9 cm³/mol. The molecule has 1 aliphatic rings. The van der Waals surface area contributed by atoms with E-state index in [0.717, 1.165) is 19.3 Å². The van der Waals surface area contributed by atoms with Crippen LogP contribution in [0.1, 0.15) is 58.7 Å². The highest BCUT2D eigenvalue weighted by atomic mass is 16.5. The van der Waals surface area contributed by atoms with Crippen molar-refractivity contribution in [2.45, 2.75) is 39.0 Å². The Bertz CT molecular complexity index is 826. The molecule has 0 atom stereocenters. The molecular weight excluding hydrogens is 332 g/mol. The normalized spacial score (nSPS) is 13.8. The number of nitrogens with one attached hydrogen (secondary N) is 2. The van der Waals surface area contributed by atoms with Crippen LogP contribution in [0.2, 0.25) is 0 Å². The number of allylic oxidation sites excluding steroid dienone is 1. The van der Waals surface area contributed by atoms with E-state index in [1.807, 2.05) is 0 Å². The lowest BCUT2D eigenvalue weighted by atomic mass is 9.97. The van der Waals surface area contributed by atoms with Crippen LogP contribution >= 0.6 is 0 Å². The molecule has 0 radical (unpaired) electrons. The average molecular weight is 354 g/mol. The summed E-state index contributed by atoms with van der Waals surface area (Å²) in [5.74, 6) is 0.245. The second-order valence-electron chi connectivity index (χ2n) is 6.32. The van der Waals surface area contributed by atoms with Gasteiger partial charge in [-0.1, -0.05) is 16.8 Å². The molecule has 2 heterocycles. The number of nitrogens with zero attached hydrogens (tertiary/aromatic N) is 2. The number of rotatable bonds is 6. The summed E-state index contributed by atoms with van der Waals surface area (Å²) in [6.07, 6.45) is 9.33. The first kappa shape index (κ1) is 17.8. The summed E-state index contributed by atoms with van der Waals surface area (Å²) in [6.45, 7) is 2.32. The van der Waals surface area contributed by atoms with Gasteiger partial charge < -0.3 is 15.2 Å². The minimum absolute atomic E-state index is 0.147. The number of pyridine rings is 1. The van der Waals surface area contributed by atoms with Gasteiger partial charge in [-0.3, -0.25) is 14.6 Å². The third-order valence-electron chi connectivity index (χ3n) is 4.24. The number of aryl methyl sites for hydroxylation is 1. The number of hydrogen-bond acceptors (Lipinski definition) is 5. The smallest absolute Gasteiger partial charge is 0.275 e. The molecule has 0 unspecified atom stereocenters. The SMILES string of the molecule is Cc1cc(NC(=O)c2cc(C(=O)NCCC3=CCCCC3)ccn2)no1. The molecule has 2 aromatic rings. The van der Waals surface area contributed by atoms with Crippen LogP contribution in [0.4, 0.5) is 5.82 Å². The molecule has 2 N–H and O–H groups in total. The molecule has 0 aliphatic heterocycles. The van der Waals surface area contributed by atoms with E-state index in [-0.39, 0.29) is 11.6 Å². The van der Waals surface area contributed by atoms with E-state index in [1.54, 1.807) is 19.1 Å². The molecule has 3 rings (SSSR count). The van der Waals surface area contributed by atoms with Gasteiger partial charge in [-0.25, -0.2) is 0 Å². The van der Waals surface area contributed by atoms with Crippen LogP contribution in [-0.2, 0) is 0 Å². The van der Waals surface area contributed by atoms with E-state index >= 15 is 0 Å². The van der Waals surface area contributed by atoms with Gasteiger partial charge in [0, 0.05) is 24.4 Å². The van der Waals surface area contributed by atoms with Gasteiger partial charge in [0.1, 0.15) is 11.5 Å². The molecule has 0 saturated heterocycles. The van der Waals surface area contributed by atoms with Gasteiger partial charge in [-0.05, 0) is 51.2 Å². The van der Waals surface area contributed by atoms with Gasteiger partial charge in [0.15, 0.2) is 5.82 Å². The Morgan fingerprint density at radius 1 is 1.23 bits per heavy atom. The van der Waals surface area contributed by atoms with Crippen molar-refractivity contribution in [1.82, 2.24) is 15.5 Å². The Morgan fingerprint density at radius 2 is 2.12 bits per heavy atom. The lowest BCUT2D eigenvalue weighted by molar-refractivity contribution is 0.0954. The molecule has 26 heavy (non-hydrogen) atoms. The maximum Gasteiger partial charge on any atom is 0.275 e. The third-order valence-corrected chi connectivity index (χ3v) is 4.24. The van der Waals surface area contributed by atoms with Crippen LogP contribution in [0.25, 0.3) is 0 Å². The lowest BCUT2D eigenvalue weighted by Gasteiger charge is -2.13. The number of aromatic nitrogens is 2. The minimum atomic E-state index is -0.444. The van der Waals surface area contributed by atoms with Crippen LogP contribution < -0.4 is 10.6 Å². The van der Waals surface area contributed by atoms with Crippen LogP contribution in [0.15, 0.2) is 40.6 Å². The first-order valence-electron chi connectivity index (χ1n) is 8.78. The van der Waals surface area contributed by atoms with Gasteiger partial charge >= 0.3 is 0 Å². The molecule has 1 aliphatic carbocycles. The first-order chi connectivity index (χ1) is 12.6. The van der Waals surface area contributed by atoms with Crippen molar-refractivity contribution >= 4 is 17.6 Å². The van der Waals surface area contributed by atoms with Crippen LogP contribution in [0.3, 0.4) is 0 Å². The molecule has 0 spiro atoms. The number of anilines is 1. The molecule has 2 aromatic heterocycles. The van der Waals surface area contributed by atoms with Crippen molar-refractivity contribution in [3.8, 4) is 0 Å². The molecule has 7 nitrogen and oxygen atoms in total. The zero-order valence-corrected chi connectivity index (χ0v) is 14.7. The largest absolute Gasteiger partial charge is 0.360 e. The predicted octanol–water partition coefficient (Wildman–Crippen LogP) is 3.25. The van der Waals surface area contributed by atoms with Crippen LogP contribution in [0, 0.1) is 6.92 Å². The molecule has 136 valence electrons. The van der Waals surface area contributed by atoms with Crippen LogP contribution in [0.5, 0.6) is 0 Å². The number of hydrogen-bond donors (Lipinski definition) is 2. The Hall–Kier alpha value is -2.96. The van der Waals surface area contributed by atoms with Gasteiger partial charge in [0.25, 0.3) is 11.8 Å². The standard InChI is InChI=1S/C19H22N4O3/c1-13-11-17(23-26-13)22-19(25)16-12-15(8-10-20-16)18(24)21-9-7-14-5-3-2-4-6-14/h5,8,10-12H,2-4,6-7,9H2,1H3,(H,21,24)(H,22,23,25). The fourth-order valence-electron chi connectivity index (χ4n) is 2.87. The summed E-state index contributed by atoms with van der Waals surface area (Å²) >= 11 is 0. The van der Waals surface area contributed by atoms with E-state index < -0.39 is 5.91 Å². The Kier molecular flexibility index (Phi) is 5.78. The molecular formula is C19H22N4O3. The minimum Gasteiger partial charge on any atom is -0.360 e. The zero-order valence-electron chi connectivity index (χ0n) is 14.7. The number of amides is 2. The van der Waals surface area contributed by atoms with Gasteiger partial charge in [0.2, 0.25) is 0 Å². The summed E-state index contributed by atoms with van der Waals surface area (Å²) in [5.41, 5.74) is 1.96. The molecule has 0 fully saturated rings. The first-order valence-corrected chi connectivity index (χ1v) is 8.78. The molecule has 7 heteroatoms. The van der Waals surface area contributed by atoms with Gasteiger partial charge in [0.05, 0.1) is 0 Å². The third kappa shape index (κ3) is 4.78. The monoisotopic (exact) mass is 354 g/mol. The highest BCUT2D eigenvalue weighted by Gasteiger charge is 2.14. The Labute approximate surface area is 151 Å². The molecule has 0 saturated carbocycles. The molecule has 2 amide bonds. The van der Waals surface area contributed by atoms with Gasteiger partial charge in [-0.2, -0.15) is 0 Å². The summed E-state index contributed by atoms with van der Waals surface area (Å²) in [6, 6.07) is 4.66. The average Bonchev–Trinajstić information content (AvgIpc) is 3.07. The van der Waals surface area contributed by atoms with Crippen molar-refractivity contribution in [2.24, 2.45) is 0 Å².